The van der Waals surface area contributed by atoms with E-state index in [2.05, 4.69) is 5.32 Å². The molecule has 1 N–H and O–H groups in total. The zero-order valence-corrected chi connectivity index (χ0v) is 15.3. The molecule has 26 heavy (non-hydrogen) atoms. The molecule has 1 atom stereocenters. The third kappa shape index (κ3) is 3.82. The first kappa shape index (κ1) is 18.6. The fourth-order valence-electron chi connectivity index (χ4n) is 3.38. The monoisotopic (exact) mass is 381 g/mol. The summed E-state index contributed by atoms with van der Waals surface area (Å²) in [5.41, 5.74) is -0.194. The van der Waals surface area contributed by atoms with Crippen LogP contribution in [0, 0.1) is 5.82 Å². The smallest absolute Gasteiger partial charge is 0.228 e. The molecule has 0 bridgehead atoms. The van der Waals surface area contributed by atoms with Gasteiger partial charge in [-0.15, -0.1) is 0 Å². The largest absolute Gasteiger partial charge is 0.368 e. The number of rotatable bonds is 4. The van der Waals surface area contributed by atoms with E-state index in [0.717, 1.165) is 5.69 Å². The number of piperazine rings is 1. The molecule has 0 aliphatic carbocycles. The number of benzene rings is 1. The SMILES string of the molecule is CC1(CCC(=O)N2CCN(c3ccc(Cl)c(F)c3)CC2)NC(=O)CC1=O. The average Bonchev–Trinajstić information content (AvgIpc) is 2.87. The second kappa shape index (κ2) is 7.23. The number of carbonyl (C=O) groups is 3. The molecular formula is C18H21ClFN3O3. The fourth-order valence-corrected chi connectivity index (χ4v) is 3.49. The highest BCUT2D eigenvalue weighted by molar-refractivity contribution is 6.30. The average molecular weight is 382 g/mol. The van der Waals surface area contributed by atoms with Gasteiger partial charge in [0.2, 0.25) is 11.8 Å². The Morgan fingerprint density at radius 2 is 1.96 bits per heavy atom. The molecule has 1 unspecified atom stereocenters. The van der Waals surface area contributed by atoms with Crippen molar-refractivity contribution < 1.29 is 18.8 Å². The first-order chi connectivity index (χ1) is 12.3. The number of hydrogen-bond donors (Lipinski definition) is 1. The van der Waals surface area contributed by atoms with Gasteiger partial charge in [-0.25, -0.2) is 4.39 Å². The van der Waals surface area contributed by atoms with Crippen molar-refractivity contribution in [3.63, 3.8) is 0 Å². The van der Waals surface area contributed by atoms with Gasteiger partial charge >= 0.3 is 0 Å². The normalized spacial score (nSPS) is 23.3. The minimum atomic E-state index is -0.935. The molecule has 8 heteroatoms. The zero-order chi connectivity index (χ0) is 18.9. The Hall–Kier alpha value is -2.15. The van der Waals surface area contributed by atoms with Crippen molar-refractivity contribution in [1.82, 2.24) is 10.2 Å². The van der Waals surface area contributed by atoms with Crippen LogP contribution in [0.5, 0.6) is 0 Å². The number of halogens is 2. The predicted molar refractivity (Wildman–Crippen MR) is 95.6 cm³/mol. The van der Waals surface area contributed by atoms with E-state index < -0.39 is 11.4 Å². The maximum Gasteiger partial charge on any atom is 0.228 e. The van der Waals surface area contributed by atoms with Crippen LogP contribution in [0.3, 0.4) is 0 Å². The van der Waals surface area contributed by atoms with Crippen molar-refractivity contribution in [2.75, 3.05) is 31.1 Å². The van der Waals surface area contributed by atoms with Crippen molar-refractivity contribution in [3.05, 3.63) is 29.0 Å². The van der Waals surface area contributed by atoms with Crippen LogP contribution in [-0.4, -0.2) is 54.2 Å². The molecule has 2 fully saturated rings. The van der Waals surface area contributed by atoms with Crippen LogP contribution in [0.15, 0.2) is 18.2 Å². The molecule has 2 amide bonds. The van der Waals surface area contributed by atoms with E-state index in [1.807, 2.05) is 4.90 Å². The van der Waals surface area contributed by atoms with Crippen LogP contribution in [0.2, 0.25) is 5.02 Å². The fraction of sp³-hybridized carbons (Fsp3) is 0.500. The van der Waals surface area contributed by atoms with Gasteiger partial charge in [-0.1, -0.05) is 11.6 Å². The molecular weight excluding hydrogens is 361 g/mol. The van der Waals surface area contributed by atoms with E-state index in [-0.39, 0.29) is 35.5 Å². The maximum atomic E-state index is 13.6. The Labute approximate surface area is 156 Å². The van der Waals surface area contributed by atoms with Crippen LogP contribution < -0.4 is 10.2 Å². The van der Waals surface area contributed by atoms with E-state index in [1.165, 1.54) is 12.1 Å². The summed E-state index contributed by atoms with van der Waals surface area (Å²) < 4.78 is 13.6. The van der Waals surface area contributed by atoms with E-state index in [0.29, 0.717) is 32.6 Å². The highest BCUT2D eigenvalue weighted by Gasteiger charge is 2.41. The van der Waals surface area contributed by atoms with Gasteiger partial charge < -0.3 is 15.1 Å². The van der Waals surface area contributed by atoms with Crippen molar-refractivity contribution in [2.24, 2.45) is 0 Å². The van der Waals surface area contributed by atoms with Gasteiger partial charge in [-0.05, 0) is 31.5 Å². The zero-order valence-electron chi connectivity index (χ0n) is 14.6. The van der Waals surface area contributed by atoms with Crippen LogP contribution in [0.25, 0.3) is 0 Å². The number of carbonyl (C=O) groups excluding carboxylic acids is 3. The highest BCUT2D eigenvalue weighted by Crippen LogP contribution is 2.24. The number of anilines is 1. The number of nitrogens with zero attached hydrogens (tertiary/aromatic N) is 2. The van der Waals surface area contributed by atoms with Crippen LogP contribution in [0.4, 0.5) is 10.1 Å². The van der Waals surface area contributed by atoms with Crippen LogP contribution >= 0.6 is 11.6 Å². The lowest BCUT2D eigenvalue weighted by molar-refractivity contribution is -0.132. The van der Waals surface area contributed by atoms with Crippen LogP contribution in [0.1, 0.15) is 26.2 Å². The topological polar surface area (TPSA) is 69.7 Å². The molecule has 0 aromatic heterocycles. The van der Waals surface area contributed by atoms with E-state index in [9.17, 15) is 18.8 Å². The quantitative estimate of drug-likeness (QED) is 0.807. The van der Waals surface area contributed by atoms with Gasteiger partial charge in [0.15, 0.2) is 5.78 Å². The van der Waals surface area contributed by atoms with Gasteiger partial charge in [0.25, 0.3) is 0 Å². The number of ketones is 1. The van der Waals surface area contributed by atoms with Gasteiger partial charge in [0, 0.05) is 38.3 Å². The lowest BCUT2D eigenvalue weighted by Crippen LogP contribution is -2.50. The van der Waals surface area contributed by atoms with Gasteiger partial charge in [0.1, 0.15) is 5.82 Å². The maximum absolute atomic E-state index is 13.6. The summed E-state index contributed by atoms with van der Waals surface area (Å²) in [4.78, 5) is 39.4. The first-order valence-corrected chi connectivity index (χ1v) is 8.98. The second-order valence-corrected chi connectivity index (χ2v) is 7.35. The first-order valence-electron chi connectivity index (χ1n) is 8.60. The summed E-state index contributed by atoms with van der Waals surface area (Å²) in [5, 5.41) is 2.75. The van der Waals surface area contributed by atoms with E-state index >= 15 is 0 Å². The lowest BCUT2D eigenvalue weighted by Gasteiger charge is -2.36. The van der Waals surface area contributed by atoms with E-state index in [1.54, 1.807) is 17.9 Å². The summed E-state index contributed by atoms with van der Waals surface area (Å²) in [6.45, 7) is 3.92. The molecule has 2 aliphatic heterocycles. The molecule has 1 aromatic rings. The summed E-state index contributed by atoms with van der Waals surface area (Å²) in [7, 11) is 0. The van der Waals surface area contributed by atoms with Crippen molar-refractivity contribution >= 4 is 34.9 Å². The summed E-state index contributed by atoms with van der Waals surface area (Å²) >= 11 is 5.71. The Kier molecular flexibility index (Phi) is 5.18. The number of Topliss-reactive ketones (excluding diaryl/α,β-unsaturated/α-hetero) is 1. The third-order valence-corrected chi connectivity index (χ3v) is 5.40. The summed E-state index contributed by atoms with van der Waals surface area (Å²) in [6, 6.07) is 4.69. The Morgan fingerprint density at radius 3 is 2.54 bits per heavy atom. The van der Waals surface area contributed by atoms with Crippen LogP contribution in [-0.2, 0) is 14.4 Å². The van der Waals surface area contributed by atoms with Gasteiger partial charge in [-0.3, -0.25) is 14.4 Å². The molecule has 2 aliphatic rings. The molecule has 2 saturated heterocycles. The summed E-state index contributed by atoms with van der Waals surface area (Å²) in [5.74, 6) is -0.944. The predicted octanol–water partition coefficient (Wildman–Crippen LogP) is 1.76. The summed E-state index contributed by atoms with van der Waals surface area (Å²) in [6.07, 6.45) is 0.401. The lowest BCUT2D eigenvalue weighted by atomic mass is 9.92. The molecule has 6 nitrogen and oxygen atoms in total. The third-order valence-electron chi connectivity index (χ3n) is 5.09. The van der Waals surface area contributed by atoms with E-state index in [4.69, 9.17) is 11.6 Å². The molecule has 0 saturated carbocycles. The van der Waals surface area contributed by atoms with Gasteiger partial charge in [0.05, 0.1) is 17.0 Å². The number of nitrogens with one attached hydrogen (secondary N) is 1. The van der Waals surface area contributed by atoms with Crippen molar-refractivity contribution in [3.8, 4) is 0 Å². The Morgan fingerprint density at radius 1 is 1.27 bits per heavy atom. The minimum absolute atomic E-state index is 0.0397. The molecule has 2 heterocycles. The number of hydrogen-bond acceptors (Lipinski definition) is 4. The Bertz CT molecular complexity index is 749. The van der Waals surface area contributed by atoms with Gasteiger partial charge in [-0.2, -0.15) is 0 Å². The minimum Gasteiger partial charge on any atom is -0.368 e. The Balaban J connectivity index is 1.51. The molecule has 1 aromatic carbocycles. The molecule has 3 rings (SSSR count). The number of amides is 2. The van der Waals surface area contributed by atoms with Crippen molar-refractivity contribution in [2.45, 2.75) is 31.7 Å². The standard InChI is InChI=1S/C18H21ClFN3O3/c1-18(15(24)11-16(25)21-18)5-4-17(26)23-8-6-22(7-9-23)12-2-3-13(19)14(20)10-12/h2-3,10H,4-9,11H2,1H3,(H,21,25). The molecule has 0 spiro atoms. The van der Waals surface area contributed by atoms with Crippen molar-refractivity contribution in [1.29, 1.82) is 0 Å². The highest BCUT2D eigenvalue weighted by atomic mass is 35.5. The molecule has 140 valence electrons. The second-order valence-electron chi connectivity index (χ2n) is 6.95. The molecule has 0 radical (unpaired) electrons.